The van der Waals surface area contributed by atoms with Crippen LogP contribution in [0, 0.1) is 18.7 Å². The smallest absolute Gasteiger partial charge is 0.264 e. The lowest BCUT2D eigenvalue weighted by Crippen LogP contribution is -2.53. The standard InChI is InChI=1S/C37H42FN3O5S/c1-5-46-33-19-17-32(18-20-33)41(47(44,45)34-21-15-31(38)16-22-34)26-36(42)40(25-30-13-11-28(4)12-14-30)35(37(43)39-24-27(2)3)23-29-9-7-6-8-10-29/h6-22,27,35H,5,23-26H2,1-4H3,(H,39,43)/t35-/m0/s1. The quantitative estimate of drug-likeness (QED) is 0.166. The van der Waals surface area contributed by atoms with Crippen molar-refractivity contribution < 1.29 is 27.1 Å². The summed E-state index contributed by atoms with van der Waals surface area (Å²) in [5.41, 5.74) is 2.88. The minimum Gasteiger partial charge on any atom is -0.494 e. The highest BCUT2D eigenvalue weighted by molar-refractivity contribution is 7.92. The maximum Gasteiger partial charge on any atom is 0.264 e. The van der Waals surface area contributed by atoms with Crippen LogP contribution in [0.25, 0.3) is 0 Å². The highest BCUT2D eigenvalue weighted by Gasteiger charge is 2.34. The maximum atomic E-state index is 14.5. The van der Waals surface area contributed by atoms with Crippen LogP contribution < -0.4 is 14.4 Å². The number of halogens is 1. The molecule has 0 aromatic heterocycles. The Labute approximate surface area is 277 Å². The van der Waals surface area contributed by atoms with Gasteiger partial charge in [0.25, 0.3) is 10.0 Å². The first-order chi connectivity index (χ1) is 22.5. The number of anilines is 1. The van der Waals surface area contributed by atoms with E-state index in [1.54, 1.807) is 24.3 Å². The van der Waals surface area contributed by atoms with Crippen molar-refractivity contribution in [3.05, 3.63) is 126 Å². The number of carbonyl (C=O) groups excluding carboxylic acids is 2. The Morgan fingerprint density at radius 1 is 0.851 bits per heavy atom. The SMILES string of the molecule is CCOc1ccc(N(CC(=O)N(Cc2ccc(C)cc2)[C@@H](Cc2ccccc2)C(=O)NCC(C)C)S(=O)(=O)c2ccc(F)cc2)cc1. The van der Waals surface area contributed by atoms with Gasteiger partial charge >= 0.3 is 0 Å². The maximum absolute atomic E-state index is 14.5. The van der Waals surface area contributed by atoms with Crippen LogP contribution in [0.15, 0.2) is 108 Å². The Hall–Kier alpha value is -4.70. The Bertz CT molecular complexity index is 1710. The van der Waals surface area contributed by atoms with Gasteiger partial charge in [0.15, 0.2) is 0 Å². The molecule has 0 spiro atoms. The lowest BCUT2D eigenvalue weighted by molar-refractivity contribution is -0.140. The number of hydrogen-bond donors (Lipinski definition) is 1. The lowest BCUT2D eigenvalue weighted by atomic mass is 10.0. The van der Waals surface area contributed by atoms with Crippen molar-refractivity contribution in [3.63, 3.8) is 0 Å². The summed E-state index contributed by atoms with van der Waals surface area (Å²) in [7, 11) is -4.35. The van der Waals surface area contributed by atoms with Gasteiger partial charge in [-0.05, 0) is 79.4 Å². The monoisotopic (exact) mass is 659 g/mol. The Balaban J connectivity index is 1.79. The average Bonchev–Trinajstić information content (AvgIpc) is 3.06. The van der Waals surface area contributed by atoms with Crippen molar-refractivity contribution >= 4 is 27.5 Å². The predicted molar refractivity (Wildman–Crippen MR) is 182 cm³/mol. The zero-order valence-corrected chi connectivity index (χ0v) is 28.0. The molecule has 248 valence electrons. The fraction of sp³-hybridized carbons (Fsp3) is 0.297. The number of aryl methyl sites for hydroxylation is 1. The normalized spacial score (nSPS) is 12.0. The topological polar surface area (TPSA) is 96.0 Å². The van der Waals surface area contributed by atoms with Crippen LogP contribution in [-0.4, -0.2) is 50.9 Å². The van der Waals surface area contributed by atoms with Gasteiger partial charge in [0.05, 0.1) is 17.2 Å². The molecule has 0 bridgehead atoms. The van der Waals surface area contributed by atoms with Crippen LogP contribution in [0.2, 0.25) is 0 Å². The first kappa shape index (κ1) is 35.2. The third kappa shape index (κ3) is 9.65. The summed E-state index contributed by atoms with van der Waals surface area (Å²) in [6, 6.07) is 26.9. The lowest BCUT2D eigenvalue weighted by Gasteiger charge is -2.34. The van der Waals surface area contributed by atoms with Crippen LogP contribution in [0.5, 0.6) is 5.75 Å². The zero-order chi connectivity index (χ0) is 34.0. The largest absolute Gasteiger partial charge is 0.494 e. The molecule has 0 saturated carbocycles. The number of hydrogen-bond acceptors (Lipinski definition) is 5. The molecule has 47 heavy (non-hydrogen) atoms. The summed E-state index contributed by atoms with van der Waals surface area (Å²) in [4.78, 5) is 29.7. The van der Waals surface area contributed by atoms with E-state index in [1.165, 1.54) is 17.0 Å². The molecule has 0 unspecified atom stereocenters. The van der Waals surface area contributed by atoms with Crippen molar-refractivity contribution in [1.29, 1.82) is 0 Å². The van der Waals surface area contributed by atoms with Crippen molar-refractivity contribution in [2.45, 2.75) is 51.6 Å². The fourth-order valence-electron chi connectivity index (χ4n) is 5.00. The molecule has 4 rings (SSSR count). The van der Waals surface area contributed by atoms with E-state index in [4.69, 9.17) is 4.74 Å². The van der Waals surface area contributed by atoms with Crippen LogP contribution in [0.3, 0.4) is 0 Å². The van der Waals surface area contributed by atoms with Crippen LogP contribution in [0.4, 0.5) is 10.1 Å². The number of amides is 2. The van der Waals surface area contributed by atoms with Gasteiger partial charge in [0, 0.05) is 19.5 Å². The molecular weight excluding hydrogens is 617 g/mol. The number of rotatable bonds is 15. The van der Waals surface area contributed by atoms with Gasteiger partial charge in [-0.25, -0.2) is 12.8 Å². The van der Waals surface area contributed by atoms with E-state index in [-0.39, 0.29) is 35.4 Å². The molecule has 1 N–H and O–H groups in total. The van der Waals surface area contributed by atoms with Gasteiger partial charge in [0.1, 0.15) is 24.2 Å². The van der Waals surface area contributed by atoms with Gasteiger partial charge in [-0.2, -0.15) is 0 Å². The van der Waals surface area contributed by atoms with E-state index in [0.29, 0.717) is 18.9 Å². The molecule has 0 fully saturated rings. The summed E-state index contributed by atoms with van der Waals surface area (Å²) >= 11 is 0. The van der Waals surface area contributed by atoms with Gasteiger partial charge in [-0.1, -0.05) is 74.0 Å². The molecule has 0 aliphatic rings. The van der Waals surface area contributed by atoms with E-state index >= 15 is 0 Å². The van der Waals surface area contributed by atoms with E-state index in [2.05, 4.69) is 5.32 Å². The Kier molecular flexibility index (Phi) is 12.1. The second kappa shape index (κ2) is 16.2. The molecule has 1 atom stereocenters. The first-order valence-corrected chi connectivity index (χ1v) is 17.1. The highest BCUT2D eigenvalue weighted by atomic mass is 32.2. The molecule has 10 heteroatoms. The summed E-state index contributed by atoms with van der Waals surface area (Å²) in [5, 5.41) is 2.98. The van der Waals surface area contributed by atoms with Gasteiger partial charge in [-0.3, -0.25) is 13.9 Å². The minimum absolute atomic E-state index is 0.0689. The first-order valence-electron chi connectivity index (χ1n) is 15.7. The van der Waals surface area contributed by atoms with Gasteiger partial charge < -0.3 is 15.0 Å². The molecule has 0 radical (unpaired) electrons. The Morgan fingerprint density at radius 2 is 1.49 bits per heavy atom. The molecule has 4 aromatic rings. The third-order valence-electron chi connectivity index (χ3n) is 7.55. The summed E-state index contributed by atoms with van der Waals surface area (Å²) in [6.07, 6.45) is 0.218. The van der Waals surface area contributed by atoms with Crippen LogP contribution in [0.1, 0.15) is 37.5 Å². The molecule has 8 nitrogen and oxygen atoms in total. The number of benzene rings is 4. The predicted octanol–water partition coefficient (Wildman–Crippen LogP) is 6.14. The molecular formula is C37H42FN3O5S. The molecule has 0 saturated heterocycles. The Morgan fingerprint density at radius 3 is 2.09 bits per heavy atom. The molecule has 0 aliphatic carbocycles. The third-order valence-corrected chi connectivity index (χ3v) is 9.33. The van der Waals surface area contributed by atoms with Gasteiger partial charge in [-0.15, -0.1) is 0 Å². The summed E-state index contributed by atoms with van der Waals surface area (Å²) < 4.78 is 48.5. The fourth-order valence-corrected chi connectivity index (χ4v) is 6.42. The summed E-state index contributed by atoms with van der Waals surface area (Å²) in [6.45, 7) is 8.05. The van der Waals surface area contributed by atoms with E-state index in [0.717, 1.165) is 33.1 Å². The van der Waals surface area contributed by atoms with Crippen molar-refractivity contribution in [3.8, 4) is 5.75 Å². The molecule has 0 aliphatic heterocycles. The van der Waals surface area contributed by atoms with E-state index in [9.17, 15) is 22.4 Å². The summed E-state index contributed by atoms with van der Waals surface area (Å²) in [5.74, 6) is -0.795. The molecule has 4 aromatic carbocycles. The van der Waals surface area contributed by atoms with Crippen LogP contribution >= 0.6 is 0 Å². The molecule has 2 amide bonds. The second-order valence-corrected chi connectivity index (χ2v) is 13.6. The van der Waals surface area contributed by atoms with Crippen LogP contribution in [-0.2, 0) is 32.6 Å². The number of carbonyl (C=O) groups is 2. The minimum atomic E-state index is -4.35. The van der Waals surface area contributed by atoms with E-state index < -0.39 is 34.3 Å². The zero-order valence-electron chi connectivity index (χ0n) is 27.2. The number of nitrogens with zero attached hydrogens (tertiary/aromatic N) is 2. The highest BCUT2D eigenvalue weighted by Crippen LogP contribution is 2.27. The number of ether oxygens (including phenoxy) is 1. The average molecular weight is 660 g/mol. The second-order valence-electron chi connectivity index (χ2n) is 11.7. The molecule has 0 heterocycles. The van der Waals surface area contributed by atoms with Crippen molar-refractivity contribution in [2.24, 2.45) is 5.92 Å². The van der Waals surface area contributed by atoms with Crippen molar-refractivity contribution in [1.82, 2.24) is 10.2 Å². The van der Waals surface area contributed by atoms with Gasteiger partial charge in [0.2, 0.25) is 11.8 Å². The van der Waals surface area contributed by atoms with Crippen molar-refractivity contribution in [2.75, 3.05) is 24.0 Å². The van der Waals surface area contributed by atoms with E-state index in [1.807, 2.05) is 82.3 Å². The number of nitrogens with one attached hydrogen (secondary N) is 1. The number of sulfonamides is 1.